The Bertz CT molecular complexity index is 462. The zero-order valence-corrected chi connectivity index (χ0v) is 8.13. The van der Waals surface area contributed by atoms with Gasteiger partial charge < -0.3 is 10.3 Å². The van der Waals surface area contributed by atoms with E-state index in [1.165, 1.54) is 0 Å². The summed E-state index contributed by atoms with van der Waals surface area (Å²) in [4.78, 5) is 14.7. The van der Waals surface area contributed by atoms with Gasteiger partial charge in [0.25, 0.3) is 0 Å². The zero-order chi connectivity index (χ0) is 10.7. The number of hydrogen-bond donors (Lipinski definition) is 1. The van der Waals surface area contributed by atoms with E-state index in [0.717, 1.165) is 11.8 Å². The number of aldehydes is 1. The van der Waals surface area contributed by atoms with Crippen molar-refractivity contribution < 1.29 is 4.79 Å². The summed E-state index contributed by atoms with van der Waals surface area (Å²) >= 11 is 0. The molecule has 0 amide bonds. The summed E-state index contributed by atoms with van der Waals surface area (Å²) < 4.78 is 1.73. The molecule has 0 saturated carbocycles. The number of anilines is 1. The van der Waals surface area contributed by atoms with E-state index in [-0.39, 0.29) is 5.82 Å². The second-order valence-electron chi connectivity index (χ2n) is 3.25. The zero-order valence-electron chi connectivity index (χ0n) is 8.13. The van der Waals surface area contributed by atoms with E-state index in [1.807, 2.05) is 30.3 Å². The van der Waals surface area contributed by atoms with Gasteiger partial charge in [-0.3, -0.25) is 4.79 Å². The van der Waals surface area contributed by atoms with Gasteiger partial charge >= 0.3 is 0 Å². The number of carbonyl (C=O) groups excluding carboxylic acids is 1. The third-order valence-corrected chi connectivity index (χ3v) is 2.22. The van der Waals surface area contributed by atoms with E-state index >= 15 is 0 Å². The molecule has 0 fully saturated rings. The van der Waals surface area contributed by atoms with E-state index in [9.17, 15) is 4.79 Å². The highest BCUT2D eigenvalue weighted by molar-refractivity contribution is 5.79. The maximum absolute atomic E-state index is 10.8. The predicted molar refractivity (Wildman–Crippen MR) is 57.6 cm³/mol. The van der Waals surface area contributed by atoms with Crippen molar-refractivity contribution in [2.75, 3.05) is 5.73 Å². The number of nitrogens with zero attached hydrogens (tertiary/aromatic N) is 2. The van der Waals surface area contributed by atoms with Crippen LogP contribution in [-0.4, -0.2) is 15.8 Å². The quantitative estimate of drug-likeness (QED) is 0.762. The van der Waals surface area contributed by atoms with Crippen molar-refractivity contribution in [1.29, 1.82) is 0 Å². The molecule has 2 N–H and O–H groups in total. The van der Waals surface area contributed by atoms with Crippen molar-refractivity contribution in [3.8, 4) is 0 Å². The third kappa shape index (κ3) is 1.88. The van der Waals surface area contributed by atoms with Crippen molar-refractivity contribution in [2.45, 2.75) is 6.54 Å². The standard InChI is InChI=1S/C11H11N3O/c12-11-10(7-15)14(8-13-11)6-9-4-2-1-3-5-9/h1-5,7-8H,6,12H2. The average molecular weight is 201 g/mol. The molecule has 4 nitrogen and oxygen atoms in total. The summed E-state index contributed by atoms with van der Waals surface area (Å²) in [6.07, 6.45) is 2.30. The highest BCUT2D eigenvalue weighted by atomic mass is 16.1. The SMILES string of the molecule is Nc1ncn(Cc2ccccc2)c1C=O. The van der Waals surface area contributed by atoms with Crippen LogP contribution in [0.15, 0.2) is 36.7 Å². The Kier molecular flexibility index (Phi) is 2.49. The summed E-state index contributed by atoms with van der Waals surface area (Å²) in [5.74, 6) is 0.279. The number of rotatable bonds is 3. The van der Waals surface area contributed by atoms with E-state index in [0.29, 0.717) is 12.2 Å². The largest absolute Gasteiger partial charge is 0.382 e. The predicted octanol–water partition coefficient (Wildman–Crippen LogP) is 1.33. The Morgan fingerprint density at radius 3 is 2.73 bits per heavy atom. The van der Waals surface area contributed by atoms with Crippen LogP contribution in [-0.2, 0) is 6.54 Å². The monoisotopic (exact) mass is 201 g/mol. The molecule has 0 aliphatic carbocycles. The maximum Gasteiger partial charge on any atom is 0.170 e. The fraction of sp³-hybridized carbons (Fsp3) is 0.0909. The number of nitrogens with two attached hydrogens (primary N) is 1. The van der Waals surface area contributed by atoms with E-state index in [2.05, 4.69) is 4.98 Å². The molecule has 0 bridgehead atoms. The fourth-order valence-corrected chi connectivity index (χ4v) is 1.44. The van der Waals surface area contributed by atoms with Gasteiger partial charge in [-0.05, 0) is 5.56 Å². The first-order chi connectivity index (χ1) is 7.31. The molecule has 15 heavy (non-hydrogen) atoms. The van der Waals surface area contributed by atoms with E-state index < -0.39 is 0 Å². The van der Waals surface area contributed by atoms with Crippen LogP contribution in [0.25, 0.3) is 0 Å². The second-order valence-corrected chi connectivity index (χ2v) is 3.25. The maximum atomic E-state index is 10.8. The molecule has 0 aliphatic rings. The lowest BCUT2D eigenvalue weighted by Gasteiger charge is -2.03. The van der Waals surface area contributed by atoms with Crippen LogP contribution < -0.4 is 5.73 Å². The van der Waals surface area contributed by atoms with Crippen molar-refractivity contribution in [3.63, 3.8) is 0 Å². The van der Waals surface area contributed by atoms with Crippen LogP contribution >= 0.6 is 0 Å². The van der Waals surface area contributed by atoms with Crippen LogP contribution in [0.4, 0.5) is 5.82 Å². The fourth-order valence-electron chi connectivity index (χ4n) is 1.44. The van der Waals surface area contributed by atoms with Crippen molar-refractivity contribution >= 4 is 12.1 Å². The molecule has 2 aromatic rings. The Balaban J connectivity index is 2.28. The minimum absolute atomic E-state index is 0.279. The van der Waals surface area contributed by atoms with Crippen LogP contribution in [0.5, 0.6) is 0 Å². The lowest BCUT2D eigenvalue weighted by Crippen LogP contribution is -2.03. The molecular weight excluding hydrogens is 190 g/mol. The number of benzene rings is 1. The topological polar surface area (TPSA) is 60.9 Å². The number of hydrogen-bond acceptors (Lipinski definition) is 3. The van der Waals surface area contributed by atoms with Gasteiger partial charge in [-0.2, -0.15) is 0 Å². The van der Waals surface area contributed by atoms with Gasteiger partial charge in [0.2, 0.25) is 0 Å². The van der Waals surface area contributed by atoms with Gasteiger partial charge in [0.1, 0.15) is 5.69 Å². The van der Waals surface area contributed by atoms with Gasteiger partial charge in [0, 0.05) is 6.54 Å². The Morgan fingerprint density at radius 2 is 2.07 bits per heavy atom. The Morgan fingerprint density at radius 1 is 1.33 bits per heavy atom. The summed E-state index contributed by atoms with van der Waals surface area (Å²) in [6, 6.07) is 9.84. The number of carbonyl (C=O) groups is 1. The van der Waals surface area contributed by atoms with E-state index in [1.54, 1.807) is 10.9 Å². The first kappa shape index (κ1) is 9.45. The van der Waals surface area contributed by atoms with Crippen LogP contribution in [0, 0.1) is 0 Å². The van der Waals surface area contributed by atoms with Crippen LogP contribution in [0.3, 0.4) is 0 Å². The van der Waals surface area contributed by atoms with Gasteiger partial charge in [0.15, 0.2) is 12.1 Å². The van der Waals surface area contributed by atoms with Gasteiger partial charge in [-0.15, -0.1) is 0 Å². The van der Waals surface area contributed by atoms with Crippen molar-refractivity contribution in [3.05, 3.63) is 47.9 Å². The first-order valence-corrected chi connectivity index (χ1v) is 4.61. The molecule has 0 saturated heterocycles. The molecule has 0 aliphatic heterocycles. The van der Waals surface area contributed by atoms with Gasteiger partial charge in [0.05, 0.1) is 6.33 Å². The second kappa shape index (κ2) is 3.96. The lowest BCUT2D eigenvalue weighted by atomic mass is 10.2. The Hall–Kier alpha value is -2.10. The molecule has 76 valence electrons. The molecule has 1 aromatic carbocycles. The Labute approximate surface area is 87.4 Å². The summed E-state index contributed by atoms with van der Waals surface area (Å²) in [5.41, 5.74) is 7.08. The summed E-state index contributed by atoms with van der Waals surface area (Å²) in [6.45, 7) is 0.610. The highest BCUT2D eigenvalue weighted by Crippen LogP contribution is 2.09. The molecule has 0 atom stereocenters. The minimum atomic E-state index is 0.279. The number of nitrogen functional groups attached to an aromatic ring is 1. The van der Waals surface area contributed by atoms with Crippen LogP contribution in [0.1, 0.15) is 16.1 Å². The first-order valence-electron chi connectivity index (χ1n) is 4.61. The van der Waals surface area contributed by atoms with Gasteiger partial charge in [-0.1, -0.05) is 30.3 Å². The van der Waals surface area contributed by atoms with Crippen molar-refractivity contribution in [2.24, 2.45) is 0 Å². The minimum Gasteiger partial charge on any atom is -0.382 e. The average Bonchev–Trinajstić information content (AvgIpc) is 2.61. The van der Waals surface area contributed by atoms with Crippen LogP contribution in [0.2, 0.25) is 0 Å². The van der Waals surface area contributed by atoms with Gasteiger partial charge in [-0.25, -0.2) is 4.98 Å². The summed E-state index contributed by atoms with van der Waals surface area (Å²) in [5, 5.41) is 0. The van der Waals surface area contributed by atoms with Crippen molar-refractivity contribution in [1.82, 2.24) is 9.55 Å². The number of imidazole rings is 1. The normalized spacial score (nSPS) is 10.1. The molecule has 1 heterocycles. The molecular formula is C11H11N3O. The molecule has 1 aromatic heterocycles. The smallest absolute Gasteiger partial charge is 0.170 e. The molecule has 0 spiro atoms. The molecule has 2 rings (SSSR count). The molecule has 4 heteroatoms. The number of aromatic nitrogens is 2. The molecule has 0 radical (unpaired) electrons. The lowest BCUT2D eigenvalue weighted by molar-refractivity contribution is 0.111. The summed E-state index contributed by atoms with van der Waals surface area (Å²) in [7, 11) is 0. The molecule has 0 unspecified atom stereocenters. The highest BCUT2D eigenvalue weighted by Gasteiger charge is 2.06. The van der Waals surface area contributed by atoms with E-state index in [4.69, 9.17) is 5.73 Å². The third-order valence-electron chi connectivity index (χ3n) is 2.22.